The van der Waals surface area contributed by atoms with E-state index in [4.69, 9.17) is 4.42 Å². The third-order valence-electron chi connectivity index (χ3n) is 3.69. The molecule has 5 nitrogen and oxygen atoms in total. The van der Waals surface area contributed by atoms with Crippen LogP contribution in [0.15, 0.2) is 53.5 Å². The highest BCUT2D eigenvalue weighted by Gasteiger charge is 2.12. The van der Waals surface area contributed by atoms with Crippen LogP contribution in [0.5, 0.6) is 0 Å². The lowest BCUT2D eigenvalue weighted by atomic mass is 10.1. The van der Waals surface area contributed by atoms with E-state index in [-0.39, 0.29) is 5.91 Å². The highest BCUT2D eigenvalue weighted by atomic mass is 16.3. The van der Waals surface area contributed by atoms with Crippen molar-refractivity contribution in [2.75, 3.05) is 0 Å². The second kappa shape index (κ2) is 6.52. The first kappa shape index (κ1) is 15.1. The third-order valence-corrected chi connectivity index (χ3v) is 3.69. The number of benzene rings is 1. The molecule has 3 rings (SSSR count). The molecule has 0 aliphatic carbocycles. The fourth-order valence-corrected chi connectivity index (χ4v) is 2.49. The van der Waals surface area contributed by atoms with E-state index in [0.29, 0.717) is 17.9 Å². The quantitative estimate of drug-likeness (QED) is 0.788. The van der Waals surface area contributed by atoms with Crippen LogP contribution in [0.4, 0.5) is 0 Å². The summed E-state index contributed by atoms with van der Waals surface area (Å²) in [5.74, 6) is 1.29. The van der Waals surface area contributed by atoms with Gasteiger partial charge in [-0.1, -0.05) is 24.3 Å². The van der Waals surface area contributed by atoms with Crippen molar-refractivity contribution in [1.29, 1.82) is 0 Å². The second-order valence-electron chi connectivity index (χ2n) is 5.56. The molecule has 0 saturated carbocycles. The number of nitrogens with one attached hydrogen (secondary N) is 1. The third kappa shape index (κ3) is 3.69. The van der Waals surface area contributed by atoms with Crippen molar-refractivity contribution in [1.82, 2.24) is 14.9 Å². The zero-order valence-electron chi connectivity index (χ0n) is 13.2. The maximum Gasteiger partial charge on any atom is 0.255 e. The SMILES string of the molecule is Cc1cc(C(=O)NCc2ccc(Cn3ccnc3)cc2)c(C)o1. The van der Waals surface area contributed by atoms with Crippen molar-refractivity contribution < 1.29 is 9.21 Å². The topological polar surface area (TPSA) is 60.1 Å². The molecule has 1 amide bonds. The van der Waals surface area contributed by atoms with Gasteiger partial charge in [0.15, 0.2) is 0 Å². The normalized spacial score (nSPS) is 10.7. The van der Waals surface area contributed by atoms with Crippen LogP contribution in [0.1, 0.15) is 33.0 Å². The van der Waals surface area contributed by atoms with Crippen molar-refractivity contribution in [2.24, 2.45) is 0 Å². The Labute approximate surface area is 135 Å². The second-order valence-corrected chi connectivity index (χ2v) is 5.56. The van der Waals surface area contributed by atoms with E-state index in [1.165, 1.54) is 5.56 Å². The number of carbonyl (C=O) groups is 1. The van der Waals surface area contributed by atoms with Gasteiger partial charge in [-0.15, -0.1) is 0 Å². The molecule has 0 aliphatic heterocycles. The minimum Gasteiger partial charge on any atom is -0.466 e. The molecule has 3 aromatic rings. The Balaban J connectivity index is 1.58. The maximum absolute atomic E-state index is 12.1. The fraction of sp³-hybridized carbons (Fsp3) is 0.222. The van der Waals surface area contributed by atoms with Crippen LogP contribution in [0.25, 0.3) is 0 Å². The molecule has 0 aliphatic rings. The van der Waals surface area contributed by atoms with Crippen molar-refractivity contribution in [3.8, 4) is 0 Å². The van der Waals surface area contributed by atoms with Crippen LogP contribution in [-0.2, 0) is 13.1 Å². The van der Waals surface area contributed by atoms with Gasteiger partial charge in [0.05, 0.1) is 11.9 Å². The summed E-state index contributed by atoms with van der Waals surface area (Å²) >= 11 is 0. The lowest BCUT2D eigenvalue weighted by Crippen LogP contribution is -2.22. The molecule has 1 aromatic carbocycles. The first-order valence-corrected chi connectivity index (χ1v) is 7.50. The Morgan fingerprint density at radius 2 is 1.96 bits per heavy atom. The van der Waals surface area contributed by atoms with Gasteiger partial charge in [0, 0.05) is 25.5 Å². The number of imidazole rings is 1. The lowest BCUT2D eigenvalue weighted by Gasteiger charge is -2.07. The molecule has 1 N–H and O–H groups in total. The standard InChI is InChI=1S/C18H19N3O2/c1-13-9-17(14(2)23-13)18(22)20-10-15-3-5-16(6-4-15)11-21-8-7-19-12-21/h3-9,12H,10-11H2,1-2H3,(H,20,22). The Morgan fingerprint density at radius 1 is 1.22 bits per heavy atom. The zero-order chi connectivity index (χ0) is 16.2. The number of hydrogen-bond acceptors (Lipinski definition) is 3. The van der Waals surface area contributed by atoms with E-state index >= 15 is 0 Å². The highest BCUT2D eigenvalue weighted by Crippen LogP contribution is 2.13. The van der Waals surface area contributed by atoms with Crippen molar-refractivity contribution in [2.45, 2.75) is 26.9 Å². The molecule has 0 radical (unpaired) electrons. The molecule has 118 valence electrons. The molecule has 0 spiro atoms. The van der Waals surface area contributed by atoms with Gasteiger partial charge in [0.1, 0.15) is 11.5 Å². The summed E-state index contributed by atoms with van der Waals surface area (Å²) in [4.78, 5) is 16.2. The molecule has 0 bridgehead atoms. The molecule has 2 heterocycles. The Kier molecular flexibility index (Phi) is 4.28. The summed E-state index contributed by atoms with van der Waals surface area (Å²) in [6, 6.07) is 9.95. The molecular weight excluding hydrogens is 290 g/mol. The van der Waals surface area contributed by atoms with Gasteiger partial charge in [-0.3, -0.25) is 4.79 Å². The number of aromatic nitrogens is 2. The maximum atomic E-state index is 12.1. The van der Waals surface area contributed by atoms with Gasteiger partial charge in [0.25, 0.3) is 5.91 Å². The van der Waals surface area contributed by atoms with Crippen molar-refractivity contribution in [3.63, 3.8) is 0 Å². The molecule has 0 fully saturated rings. The monoisotopic (exact) mass is 309 g/mol. The minimum atomic E-state index is -0.109. The van der Waals surface area contributed by atoms with Crippen LogP contribution in [0.3, 0.4) is 0 Å². The number of aryl methyl sites for hydroxylation is 2. The summed E-state index contributed by atoms with van der Waals surface area (Å²) in [6.07, 6.45) is 5.50. The van der Waals surface area contributed by atoms with Gasteiger partial charge in [-0.05, 0) is 31.0 Å². The number of nitrogens with zero attached hydrogens (tertiary/aromatic N) is 2. The predicted octanol–water partition coefficient (Wildman–Crippen LogP) is 3.07. The first-order chi connectivity index (χ1) is 11.1. The van der Waals surface area contributed by atoms with E-state index in [1.54, 1.807) is 25.5 Å². The molecular formula is C18H19N3O2. The molecule has 0 saturated heterocycles. The number of furan rings is 1. The van der Waals surface area contributed by atoms with Gasteiger partial charge >= 0.3 is 0 Å². The number of rotatable bonds is 5. The Hall–Kier alpha value is -2.82. The van der Waals surface area contributed by atoms with E-state index in [9.17, 15) is 4.79 Å². The van der Waals surface area contributed by atoms with Gasteiger partial charge in [0.2, 0.25) is 0 Å². The van der Waals surface area contributed by atoms with Crippen LogP contribution in [0, 0.1) is 13.8 Å². The first-order valence-electron chi connectivity index (χ1n) is 7.50. The number of carbonyl (C=O) groups excluding carboxylic acids is 1. The summed E-state index contributed by atoms with van der Waals surface area (Å²) in [5, 5.41) is 2.92. The predicted molar refractivity (Wildman–Crippen MR) is 87.1 cm³/mol. The van der Waals surface area contributed by atoms with E-state index < -0.39 is 0 Å². The van der Waals surface area contributed by atoms with Gasteiger partial charge in [-0.2, -0.15) is 0 Å². The smallest absolute Gasteiger partial charge is 0.255 e. The van der Waals surface area contributed by atoms with E-state index in [0.717, 1.165) is 17.9 Å². The van der Waals surface area contributed by atoms with Gasteiger partial charge < -0.3 is 14.3 Å². The molecule has 0 unspecified atom stereocenters. The molecule has 23 heavy (non-hydrogen) atoms. The summed E-state index contributed by atoms with van der Waals surface area (Å²) in [6.45, 7) is 4.92. The zero-order valence-corrected chi connectivity index (χ0v) is 13.2. The average Bonchev–Trinajstić information content (AvgIpc) is 3.15. The van der Waals surface area contributed by atoms with Crippen LogP contribution in [0.2, 0.25) is 0 Å². The Morgan fingerprint density at radius 3 is 2.57 bits per heavy atom. The molecule has 0 atom stereocenters. The fourth-order valence-electron chi connectivity index (χ4n) is 2.49. The van der Waals surface area contributed by atoms with Crippen molar-refractivity contribution in [3.05, 3.63) is 77.3 Å². The average molecular weight is 309 g/mol. The van der Waals surface area contributed by atoms with Crippen LogP contribution < -0.4 is 5.32 Å². The lowest BCUT2D eigenvalue weighted by molar-refractivity contribution is 0.0949. The number of amides is 1. The van der Waals surface area contributed by atoms with Gasteiger partial charge in [-0.25, -0.2) is 4.98 Å². The summed E-state index contributed by atoms with van der Waals surface area (Å²) in [5.41, 5.74) is 2.85. The van der Waals surface area contributed by atoms with Crippen molar-refractivity contribution >= 4 is 5.91 Å². The van der Waals surface area contributed by atoms with Crippen LogP contribution >= 0.6 is 0 Å². The minimum absolute atomic E-state index is 0.109. The van der Waals surface area contributed by atoms with E-state index in [1.807, 2.05) is 29.8 Å². The summed E-state index contributed by atoms with van der Waals surface area (Å²) < 4.78 is 7.40. The highest BCUT2D eigenvalue weighted by molar-refractivity contribution is 5.95. The molecule has 2 aromatic heterocycles. The van der Waals surface area contributed by atoms with Crippen LogP contribution in [-0.4, -0.2) is 15.5 Å². The summed E-state index contributed by atoms with van der Waals surface area (Å²) in [7, 11) is 0. The molecule has 5 heteroatoms. The largest absolute Gasteiger partial charge is 0.466 e. The van der Waals surface area contributed by atoms with E-state index in [2.05, 4.69) is 22.4 Å². The number of hydrogen-bond donors (Lipinski definition) is 1. The Bertz CT molecular complexity index is 786.